The van der Waals surface area contributed by atoms with E-state index in [-0.39, 0.29) is 19.0 Å². The van der Waals surface area contributed by atoms with Crippen LogP contribution >= 0.6 is 0 Å². The highest BCUT2D eigenvalue weighted by atomic mass is 16.7. The maximum absolute atomic E-state index is 11.8. The van der Waals surface area contributed by atoms with E-state index in [0.29, 0.717) is 0 Å². The predicted octanol–water partition coefficient (Wildman–Crippen LogP) is 1.61. The van der Waals surface area contributed by atoms with Gasteiger partial charge >= 0.3 is 12.1 Å². The van der Waals surface area contributed by atoms with Crippen molar-refractivity contribution in [2.24, 2.45) is 5.92 Å². The van der Waals surface area contributed by atoms with Gasteiger partial charge in [-0.1, -0.05) is 44.2 Å². The minimum absolute atomic E-state index is 0.0980. The lowest BCUT2D eigenvalue weighted by Crippen LogP contribution is -2.45. The lowest BCUT2D eigenvalue weighted by Gasteiger charge is -2.20. The Morgan fingerprint density at radius 3 is 2.45 bits per heavy atom. The Kier molecular flexibility index (Phi) is 7.45. The number of benzene rings is 1. The molecule has 1 amide bonds. The fourth-order valence-electron chi connectivity index (χ4n) is 1.60. The number of carbonyl (C=O) groups excluding carboxylic acids is 3. The lowest BCUT2D eigenvalue weighted by molar-refractivity contribution is -0.162. The van der Waals surface area contributed by atoms with E-state index in [9.17, 15) is 14.4 Å². The van der Waals surface area contributed by atoms with Gasteiger partial charge in [0.2, 0.25) is 6.79 Å². The molecule has 0 aliphatic heterocycles. The van der Waals surface area contributed by atoms with Crippen LogP contribution in [0, 0.1) is 5.92 Å². The second-order valence-electron chi connectivity index (χ2n) is 4.77. The Morgan fingerprint density at radius 1 is 1.18 bits per heavy atom. The van der Waals surface area contributed by atoms with Gasteiger partial charge < -0.3 is 19.5 Å². The zero-order valence-corrected chi connectivity index (χ0v) is 12.5. The third kappa shape index (κ3) is 6.25. The summed E-state index contributed by atoms with van der Waals surface area (Å²) in [6.45, 7) is 3.25. The maximum Gasteiger partial charge on any atom is 0.408 e. The largest absolute Gasteiger partial charge is 0.445 e. The van der Waals surface area contributed by atoms with E-state index in [0.717, 1.165) is 5.56 Å². The molecule has 1 atom stereocenters. The summed E-state index contributed by atoms with van der Waals surface area (Å²) < 4.78 is 14.0. The Morgan fingerprint density at radius 2 is 1.86 bits per heavy atom. The molecule has 7 heteroatoms. The van der Waals surface area contributed by atoms with Crippen LogP contribution in [-0.2, 0) is 30.4 Å². The van der Waals surface area contributed by atoms with Gasteiger partial charge in [0.25, 0.3) is 6.47 Å². The van der Waals surface area contributed by atoms with Gasteiger partial charge in [0.15, 0.2) is 0 Å². The van der Waals surface area contributed by atoms with E-state index in [1.807, 2.05) is 30.3 Å². The van der Waals surface area contributed by atoms with E-state index in [4.69, 9.17) is 9.47 Å². The van der Waals surface area contributed by atoms with Crippen LogP contribution in [0.15, 0.2) is 30.3 Å². The third-order valence-electron chi connectivity index (χ3n) is 2.74. The molecule has 0 aromatic heterocycles. The first-order valence-electron chi connectivity index (χ1n) is 6.73. The van der Waals surface area contributed by atoms with Crippen LogP contribution in [0.5, 0.6) is 0 Å². The third-order valence-corrected chi connectivity index (χ3v) is 2.74. The number of carbonyl (C=O) groups is 3. The molecule has 120 valence electrons. The van der Waals surface area contributed by atoms with Gasteiger partial charge in [-0.3, -0.25) is 4.79 Å². The van der Waals surface area contributed by atoms with E-state index in [1.54, 1.807) is 13.8 Å². The Labute approximate surface area is 128 Å². The highest BCUT2D eigenvalue weighted by Gasteiger charge is 2.26. The molecule has 0 fully saturated rings. The number of hydrogen-bond donors (Lipinski definition) is 1. The molecule has 0 spiro atoms. The maximum atomic E-state index is 11.8. The normalized spacial score (nSPS) is 11.4. The predicted molar refractivity (Wildman–Crippen MR) is 76.5 cm³/mol. The summed E-state index contributed by atoms with van der Waals surface area (Å²) in [5, 5.41) is 2.43. The number of amides is 1. The molecule has 22 heavy (non-hydrogen) atoms. The van der Waals surface area contributed by atoms with Crippen molar-refractivity contribution in [2.75, 3.05) is 6.79 Å². The zero-order chi connectivity index (χ0) is 16.4. The van der Waals surface area contributed by atoms with Gasteiger partial charge in [-0.2, -0.15) is 0 Å². The molecule has 0 aliphatic rings. The summed E-state index contributed by atoms with van der Waals surface area (Å²) in [6, 6.07) is 8.26. The molecule has 0 saturated heterocycles. The molecular weight excluding hydrogens is 290 g/mol. The second kappa shape index (κ2) is 9.38. The molecule has 0 aliphatic carbocycles. The Balaban J connectivity index is 2.46. The molecule has 1 aromatic rings. The van der Waals surface area contributed by atoms with Crippen LogP contribution in [-0.4, -0.2) is 31.4 Å². The molecule has 1 N–H and O–H groups in total. The standard InChI is InChI=1S/C15H19NO6/c1-11(2)13(14(18)22-10-20-9-17)16-15(19)21-8-12-6-4-3-5-7-12/h3-7,9,11,13H,8,10H2,1-2H3,(H,16,19)/t13-/m0/s1. The fraction of sp³-hybridized carbons (Fsp3) is 0.400. The van der Waals surface area contributed by atoms with Crippen LogP contribution in [0.4, 0.5) is 4.79 Å². The average Bonchev–Trinajstić information content (AvgIpc) is 2.51. The molecule has 1 aromatic carbocycles. The van der Waals surface area contributed by atoms with Gasteiger partial charge in [0, 0.05) is 0 Å². The molecule has 0 unspecified atom stereocenters. The number of esters is 1. The second-order valence-corrected chi connectivity index (χ2v) is 4.77. The SMILES string of the molecule is CC(C)[C@H](NC(=O)OCc1ccccc1)C(=O)OCOC=O. The number of alkyl carbamates (subject to hydrolysis) is 1. The molecule has 0 bridgehead atoms. The summed E-state index contributed by atoms with van der Waals surface area (Å²) in [6.07, 6.45) is -0.726. The Bertz CT molecular complexity index is 488. The highest BCUT2D eigenvalue weighted by molar-refractivity contribution is 5.81. The number of hydrogen-bond acceptors (Lipinski definition) is 6. The van der Waals surface area contributed by atoms with Crippen molar-refractivity contribution in [3.63, 3.8) is 0 Å². The van der Waals surface area contributed by atoms with Gasteiger partial charge in [-0.15, -0.1) is 0 Å². The van der Waals surface area contributed by atoms with Crippen molar-refractivity contribution in [3.8, 4) is 0 Å². The van der Waals surface area contributed by atoms with Crippen LogP contribution in [0.25, 0.3) is 0 Å². The van der Waals surface area contributed by atoms with Gasteiger partial charge in [0.1, 0.15) is 12.6 Å². The van der Waals surface area contributed by atoms with Crippen molar-refractivity contribution in [2.45, 2.75) is 26.5 Å². The van der Waals surface area contributed by atoms with Crippen molar-refractivity contribution >= 4 is 18.5 Å². The van der Waals surface area contributed by atoms with Crippen LogP contribution in [0.3, 0.4) is 0 Å². The molecule has 0 radical (unpaired) electrons. The first-order chi connectivity index (χ1) is 10.5. The zero-order valence-electron chi connectivity index (χ0n) is 12.5. The monoisotopic (exact) mass is 309 g/mol. The molecular formula is C15H19NO6. The molecule has 1 rings (SSSR count). The summed E-state index contributed by atoms with van der Waals surface area (Å²) in [5.41, 5.74) is 0.834. The first kappa shape index (κ1) is 17.5. The lowest BCUT2D eigenvalue weighted by atomic mass is 10.1. The van der Waals surface area contributed by atoms with Crippen molar-refractivity contribution < 1.29 is 28.6 Å². The number of nitrogens with one attached hydrogen (secondary N) is 1. The quantitative estimate of drug-likeness (QED) is 0.339. The van der Waals surface area contributed by atoms with Crippen molar-refractivity contribution in [3.05, 3.63) is 35.9 Å². The van der Waals surface area contributed by atoms with Crippen LogP contribution in [0.1, 0.15) is 19.4 Å². The van der Waals surface area contributed by atoms with Gasteiger partial charge in [-0.25, -0.2) is 9.59 Å². The number of ether oxygens (including phenoxy) is 3. The van der Waals surface area contributed by atoms with Crippen LogP contribution in [0.2, 0.25) is 0 Å². The Hall–Kier alpha value is -2.57. The minimum Gasteiger partial charge on any atom is -0.445 e. The van der Waals surface area contributed by atoms with E-state index in [1.165, 1.54) is 0 Å². The van der Waals surface area contributed by atoms with Gasteiger partial charge in [0.05, 0.1) is 0 Å². The number of rotatable bonds is 8. The summed E-state index contributed by atoms with van der Waals surface area (Å²) in [7, 11) is 0. The molecule has 0 saturated carbocycles. The average molecular weight is 309 g/mol. The van der Waals surface area contributed by atoms with E-state index >= 15 is 0 Å². The summed E-state index contributed by atoms with van der Waals surface area (Å²) in [4.78, 5) is 33.5. The summed E-state index contributed by atoms with van der Waals surface area (Å²) >= 11 is 0. The first-order valence-corrected chi connectivity index (χ1v) is 6.73. The molecule has 0 heterocycles. The summed E-state index contributed by atoms with van der Waals surface area (Å²) in [5.74, 6) is -0.915. The highest BCUT2D eigenvalue weighted by Crippen LogP contribution is 2.06. The van der Waals surface area contributed by atoms with Crippen molar-refractivity contribution in [1.82, 2.24) is 5.32 Å². The fourth-order valence-corrected chi connectivity index (χ4v) is 1.60. The van der Waals surface area contributed by atoms with Gasteiger partial charge in [-0.05, 0) is 11.5 Å². The topological polar surface area (TPSA) is 90.9 Å². The van der Waals surface area contributed by atoms with E-state index < -0.39 is 24.9 Å². The molecule has 7 nitrogen and oxygen atoms in total. The van der Waals surface area contributed by atoms with E-state index in [2.05, 4.69) is 10.1 Å². The smallest absolute Gasteiger partial charge is 0.408 e. The van der Waals surface area contributed by atoms with Crippen LogP contribution < -0.4 is 5.32 Å². The minimum atomic E-state index is -0.890. The van der Waals surface area contributed by atoms with Crippen molar-refractivity contribution in [1.29, 1.82) is 0 Å².